The quantitative estimate of drug-likeness (QED) is 0.767. The van der Waals surface area contributed by atoms with Crippen LogP contribution < -0.4 is 5.73 Å². The van der Waals surface area contributed by atoms with Crippen LogP contribution in [0.15, 0.2) is 24.3 Å². The summed E-state index contributed by atoms with van der Waals surface area (Å²) >= 11 is 0. The van der Waals surface area contributed by atoms with Gasteiger partial charge in [-0.3, -0.25) is 0 Å². The average molecular weight is 193 g/mol. The summed E-state index contributed by atoms with van der Waals surface area (Å²) < 4.78 is 12.7. The van der Waals surface area contributed by atoms with Crippen molar-refractivity contribution in [3.8, 4) is 0 Å². The maximum absolute atomic E-state index is 12.7. The van der Waals surface area contributed by atoms with Gasteiger partial charge in [0, 0.05) is 6.04 Å². The third-order valence-corrected chi connectivity index (χ3v) is 3.16. The number of halogens is 1. The fraction of sp³-hybridized carbons (Fsp3) is 0.500. The van der Waals surface area contributed by atoms with Gasteiger partial charge in [-0.25, -0.2) is 4.39 Å². The largest absolute Gasteiger partial charge is 0.324 e. The summed E-state index contributed by atoms with van der Waals surface area (Å²) in [5.74, 6) is 0.410. The molecule has 2 heteroatoms. The zero-order valence-corrected chi connectivity index (χ0v) is 8.25. The van der Waals surface area contributed by atoms with Gasteiger partial charge in [0.25, 0.3) is 0 Å². The van der Waals surface area contributed by atoms with E-state index in [4.69, 9.17) is 5.73 Å². The Morgan fingerprint density at radius 1 is 1.14 bits per heavy atom. The molecule has 0 aromatic heterocycles. The highest BCUT2D eigenvalue weighted by atomic mass is 19.1. The molecule has 0 aliphatic heterocycles. The first-order chi connectivity index (χ1) is 6.77. The Morgan fingerprint density at radius 2 is 1.71 bits per heavy atom. The SMILES string of the molecule is N[C@H](c1ccc(F)cc1)C1CCCC1. The van der Waals surface area contributed by atoms with Gasteiger partial charge in [0.15, 0.2) is 0 Å². The molecule has 0 saturated heterocycles. The standard InChI is InChI=1S/C12H16FN/c13-11-7-5-10(6-8-11)12(14)9-3-1-2-4-9/h5-9,12H,1-4,14H2/t12-/m0/s1. The third kappa shape index (κ3) is 1.95. The summed E-state index contributed by atoms with van der Waals surface area (Å²) in [4.78, 5) is 0. The Kier molecular flexibility index (Phi) is 2.82. The van der Waals surface area contributed by atoms with E-state index in [1.54, 1.807) is 12.1 Å². The molecule has 0 unspecified atom stereocenters. The second-order valence-corrected chi connectivity index (χ2v) is 4.12. The van der Waals surface area contributed by atoms with E-state index >= 15 is 0 Å². The highest BCUT2D eigenvalue weighted by molar-refractivity contribution is 5.20. The number of nitrogens with two attached hydrogens (primary N) is 1. The van der Waals surface area contributed by atoms with Crippen molar-refractivity contribution in [3.63, 3.8) is 0 Å². The molecule has 0 heterocycles. The molecule has 0 bridgehead atoms. The molecule has 76 valence electrons. The maximum atomic E-state index is 12.7. The van der Waals surface area contributed by atoms with Gasteiger partial charge in [-0.15, -0.1) is 0 Å². The smallest absolute Gasteiger partial charge is 0.123 e. The lowest BCUT2D eigenvalue weighted by Crippen LogP contribution is -2.18. The molecule has 0 radical (unpaired) electrons. The Hall–Kier alpha value is -0.890. The topological polar surface area (TPSA) is 26.0 Å². The predicted molar refractivity (Wildman–Crippen MR) is 55.3 cm³/mol. The van der Waals surface area contributed by atoms with Crippen LogP contribution >= 0.6 is 0 Å². The Labute approximate surface area is 84.1 Å². The van der Waals surface area contributed by atoms with E-state index < -0.39 is 0 Å². The molecule has 2 N–H and O–H groups in total. The lowest BCUT2D eigenvalue weighted by Gasteiger charge is -2.18. The van der Waals surface area contributed by atoms with E-state index in [0.717, 1.165) is 5.56 Å². The molecule has 1 aromatic rings. The van der Waals surface area contributed by atoms with Crippen molar-refractivity contribution >= 4 is 0 Å². The fourth-order valence-corrected chi connectivity index (χ4v) is 2.27. The van der Waals surface area contributed by atoms with Crippen molar-refractivity contribution in [1.29, 1.82) is 0 Å². The molecule has 1 atom stereocenters. The molecular weight excluding hydrogens is 177 g/mol. The van der Waals surface area contributed by atoms with Crippen molar-refractivity contribution in [1.82, 2.24) is 0 Å². The molecule has 1 fully saturated rings. The minimum absolute atomic E-state index is 0.0955. The minimum Gasteiger partial charge on any atom is -0.324 e. The Morgan fingerprint density at radius 3 is 2.29 bits per heavy atom. The number of hydrogen-bond donors (Lipinski definition) is 1. The molecule has 0 amide bonds. The summed E-state index contributed by atoms with van der Waals surface area (Å²) in [6.45, 7) is 0. The highest BCUT2D eigenvalue weighted by Gasteiger charge is 2.22. The van der Waals surface area contributed by atoms with E-state index in [1.165, 1.54) is 37.8 Å². The second kappa shape index (κ2) is 4.09. The summed E-state index contributed by atoms with van der Waals surface area (Å²) in [6.07, 6.45) is 5.02. The van der Waals surface area contributed by atoms with Crippen LogP contribution in [0.2, 0.25) is 0 Å². The van der Waals surface area contributed by atoms with E-state index in [9.17, 15) is 4.39 Å². The zero-order valence-electron chi connectivity index (χ0n) is 8.25. The highest BCUT2D eigenvalue weighted by Crippen LogP contribution is 2.33. The lowest BCUT2D eigenvalue weighted by molar-refractivity contribution is 0.444. The summed E-state index contributed by atoms with van der Waals surface area (Å²) in [6, 6.07) is 6.68. The van der Waals surface area contributed by atoms with Gasteiger partial charge in [0.05, 0.1) is 0 Å². The van der Waals surface area contributed by atoms with Gasteiger partial charge in [-0.2, -0.15) is 0 Å². The van der Waals surface area contributed by atoms with Crippen LogP contribution in [-0.2, 0) is 0 Å². The van der Waals surface area contributed by atoms with Gasteiger partial charge >= 0.3 is 0 Å². The van der Waals surface area contributed by atoms with Gasteiger partial charge in [0.2, 0.25) is 0 Å². The van der Waals surface area contributed by atoms with E-state index in [1.807, 2.05) is 0 Å². The number of hydrogen-bond acceptors (Lipinski definition) is 1. The van der Waals surface area contributed by atoms with Crippen LogP contribution in [0.25, 0.3) is 0 Å². The summed E-state index contributed by atoms with van der Waals surface area (Å²) in [5.41, 5.74) is 7.20. The number of rotatable bonds is 2. The lowest BCUT2D eigenvalue weighted by atomic mass is 9.93. The van der Waals surface area contributed by atoms with Crippen molar-refractivity contribution in [2.24, 2.45) is 11.7 Å². The molecule has 1 aromatic carbocycles. The summed E-state index contributed by atoms with van der Waals surface area (Å²) in [5, 5.41) is 0. The Balaban J connectivity index is 2.09. The van der Waals surface area contributed by atoms with Crippen LogP contribution in [0.5, 0.6) is 0 Å². The molecule has 1 aliphatic rings. The van der Waals surface area contributed by atoms with Crippen molar-refractivity contribution in [3.05, 3.63) is 35.6 Å². The maximum Gasteiger partial charge on any atom is 0.123 e. The van der Waals surface area contributed by atoms with Crippen LogP contribution in [0.1, 0.15) is 37.3 Å². The van der Waals surface area contributed by atoms with E-state index in [2.05, 4.69) is 0 Å². The van der Waals surface area contributed by atoms with E-state index in [0.29, 0.717) is 5.92 Å². The van der Waals surface area contributed by atoms with Gasteiger partial charge in [-0.1, -0.05) is 25.0 Å². The zero-order chi connectivity index (χ0) is 9.97. The molecule has 0 spiro atoms. The molecule has 14 heavy (non-hydrogen) atoms. The van der Waals surface area contributed by atoms with Crippen molar-refractivity contribution < 1.29 is 4.39 Å². The molecule has 1 aliphatic carbocycles. The fourth-order valence-electron chi connectivity index (χ4n) is 2.27. The van der Waals surface area contributed by atoms with Crippen LogP contribution in [0.3, 0.4) is 0 Å². The molecule has 1 saturated carbocycles. The monoisotopic (exact) mass is 193 g/mol. The Bertz CT molecular complexity index is 288. The first-order valence-corrected chi connectivity index (χ1v) is 5.28. The average Bonchev–Trinajstić information content (AvgIpc) is 2.71. The molecule has 1 nitrogen and oxygen atoms in total. The van der Waals surface area contributed by atoms with Crippen molar-refractivity contribution in [2.75, 3.05) is 0 Å². The first kappa shape index (κ1) is 9.66. The normalized spacial score (nSPS) is 19.9. The second-order valence-electron chi connectivity index (χ2n) is 4.12. The molecule has 2 rings (SSSR count). The minimum atomic E-state index is -0.188. The van der Waals surface area contributed by atoms with Crippen LogP contribution in [0, 0.1) is 11.7 Å². The van der Waals surface area contributed by atoms with Gasteiger partial charge in [0.1, 0.15) is 5.82 Å². The predicted octanol–water partition coefficient (Wildman–Crippen LogP) is 3.02. The van der Waals surface area contributed by atoms with Crippen molar-refractivity contribution in [2.45, 2.75) is 31.7 Å². The van der Waals surface area contributed by atoms with Crippen LogP contribution in [0.4, 0.5) is 4.39 Å². The summed E-state index contributed by atoms with van der Waals surface area (Å²) in [7, 11) is 0. The first-order valence-electron chi connectivity index (χ1n) is 5.28. The van der Waals surface area contributed by atoms with E-state index in [-0.39, 0.29) is 11.9 Å². The number of benzene rings is 1. The van der Waals surface area contributed by atoms with Crippen LogP contribution in [-0.4, -0.2) is 0 Å². The van der Waals surface area contributed by atoms with Gasteiger partial charge in [-0.05, 0) is 36.5 Å². The third-order valence-electron chi connectivity index (χ3n) is 3.16. The van der Waals surface area contributed by atoms with Gasteiger partial charge < -0.3 is 5.73 Å². The molecular formula is C12H16FN.